The largest absolute Gasteiger partial charge is 0.356 e. The summed E-state index contributed by atoms with van der Waals surface area (Å²) in [5.41, 5.74) is 4.25. The Kier molecular flexibility index (Phi) is 5.48. The van der Waals surface area contributed by atoms with E-state index in [4.69, 9.17) is 9.97 Å². The summed E-state index contributed by atoms with van der Waals surface area (Å²) in [7, 11) is 0. The molecular weight excluding hydrogens is 356 g/mol. The molecule has 3 aromatic heterocycles. The van der Waals surface area contributed by atoms with Crippen LogP contribution in [0, 0.1) is 6.92 Å². The Hall–Kier alpha value is -2.28. The van der Waals surface area contributed by atoms with E-state index in [0.717, 1.165) is 68.5 Å². The number of piperidine rings is 1. The minimum Gasteiger partial charge on any atom is -0.356 e. The maximum absolute atomic E-state index is 4.79. The molecule has 0 amide bonds. The van der Waals surface area contributed by atoms with Crippen molar-refractivity contribution >= 4 is 17.2 Å². The zero-order valence-electron chi connectivity index (χ0n) is 16.0. The predicted octanol–water partition coefficient (Wildman–Crippen LogP) is 3.82. The van der Waals surface area contributed by atoms with Crippen molar-refractivity contribution in [1.82, 2.24) is 24.5 Å². The first-order chi connectivity index (χ1) is 13.2. The molecule has 0 saturated carbocycles. The molecule has 1 saturated heterocycles. The van der Waals surface area contributed by atoms with E-state index in [9.17, 15) is 0 Å². The van der Waals surface area contributed by atoms with Gasteiger partial charge in [0, 0.05) is 48.5 Å². The van der Waals surface area contributed by atoms with E-state index in [-0.39, 0.29) is 0 Å². The third kappa shape index (κ3) is 4.03. The average Bonchev–Trinajstić information content (AvgIpc) is 3.36. The zero-order chi connectivity index (χ0) is 18.6. The number of nitrogens with zero attached hydrogens (tertiary/aromatic N) is 6. The second-order valence-corrected chi connectivity index (χ2v) is 7.91. The molecule has 0 radical (unpaired) electrons. The molecule has 0 spiro atoms. The summed E-state index contributed by atoms with van der Waals surface area (Å²) in [6, 6.07) is 0. The molecule has 0 bridgehead atoms. The Morgan fingerprint density at radius 2 is 2.19 bits per heavy atom. The molecule has 3 aromatic rings. The molecule has 142 valence electrons. The van der Waals surface area contributed by atoms with Gasteiger partial charge in [-0.3, -0.25) is 0 Å². The van der Waals surface area contributed by atoms with Crippen LogP contribution in [0.25, 0.3) is 0 Å². The lowest BCUT2D eigenvalue weighted by Crippen LogP contribution is -2.36. The summed E-state index contributed by atoms with van der Waals surface area (Å²) < 4.78 is 2.25. The number of thiazole rings is 1. The molecule has 1 fully saturated rings. The number of hydrogen-bond donors (Lipinski definition) is 0. The molecule has 27 heavy (non-hydrogen) atoms. The molecule has 0 N–H and O–H groups in total. The standard InChI is InChI=1S/C20H26N6S/c1-3-5-16-10-22-15(2)24-20(16)25-8-4-6-17(11-25)19-21-7-9-26(19)12-18-13-27-14-23-18/h7,9-10,13-14,17H,3-6,8,11-12H2,1-2H3. The Balaban J connectivity index is 1.56. The third-order valence-electron chi connectivity index (χ3n) is 5.13. The predicted molar refractivity (Wildman–Crippen MR) is 108 cm³/mol. The number of aryl methyl sites for hydroxylation is 2. The first kappa shape index (κ1) is 18.1. The van der Waals surface area contributed by atoms with Gasteiger partial charge in [0.2, 0.25) is 0 Å². The Labute approximate surface area is 164 Å². The third-order valence-corrected chi connectivity index (χ3v) is 5.77. The van der Waals surface area contributed by atoms with Crippen molar-refractivity contribution in [2.45, 2.75) is 52.0 Å². The summed E-state index contributed by atoms with van der Waals surface area (Å²) >= 11 is 1.64. The fraction of sp³-hybridized carbons (Fsp3) is 0.500. The second kappa shape index (κ2) is 8.17. The van der Waals surface area contributed by atoms with Crippen LogP contribution < -0.4 is 4.90 Å². The fourth-order valence-corrected chi connectivity index (χ4v) is 4.44. The lowest BCUT2D eigenvalue weighted by molar-refractivity contribution is 0.472. The highest BCUT2D eigenvalue weighted by Gasteiger charge is 2.27. The van der Waals surface area contributed by atoms with Crippen molar-refractivity contribution in [1.29, 1.82) is 0 Å². The topological polar surface area (TPSA) is 59.7 Å². The minimum absolute atomic E-state index is 0.414. The lowest BCUT2D eigenvalue weighted by Gasteiger charge is -2.34. The lowest BCUT2D eigenvalue weighted by atomic mass is 9.96. The molecule has 0 aliphatic carbocycles. The number of anilines is 1. The number of hydrogen-bond acceptors (Lipinski definition) is 6. The highest BCUT2D eigenvalue weighted by molar-refractivity contribution is 7.07. The van der Waals surface area contributed by atoms with E-state index in [0.29, 0.717) is 5.92 Å². The van der Waals surface area contributed by atoms with Crippen molar-refractivity contribution in [2.75, 3.05) is 18.0 Å². The molecule has 6 nitrogen and oxygen atoms in total. The van der Waals surface area contributed by atoms with Crippen LogP contribution in [-0.4, -0.2) is 37.6 Å². The number of aromatic nitrogens is 5. The highest BCUT2D eigenvalue weighted by Crippen LogP contribution is 2.30. The first-order valence-electron chi connectivity index (χ1n) is 9.70. The van der Waals surface area contributed by atoms with Crippen LogP contribution in [0.5, 0.6) is 0 Å². The Morgan fingerprint density at radius 1 is 1.26 bits per heavy atom. The highest BCUT2D eigenvalue weighted by atomic mass is 32.1. The van der Waals surface area contributed by atoms with Gasteiger partial charge in [-0.15, -0.1) is 11.3 Å². The summed E-state index contributed by atoms with van der Waals surface area (Å²) in [6.45, 7) is 6.99. The summed E-state index contributed by atoms with van der Waals surface area (Å²) in [6.07, 6.45) is 10.4. The normalized spacial score (nSPS) is 17.4. The maximum atomic E-state index is 4.79. The minimum atomic E-state index is 0.414. The van der Waals surface area contributed by atoms with E-state index in [1.165, 1.54) is 5.56 Å². The van der Waals surface area contributed by atoms with E-state index in [1.807, 2.05) is 24.8 Å². The van der Waals surface area contributed by atoms with Gasteiger partial charge in [0.05, 0.1) is 17.7 Å². The van der Waals surface area contributed by atoms with Crippen LogP contribution in [-0.2, 0) is 13.0 Å². The van der Waals surface area contributed by atoms with E-state index in [1.54, 1.807) is 11.3 Å². The van der Waals surface area contributed by atoms with Crippen molar-refractivity contribution in [3.8, 4) is 0 Å². The quantitative estimate of drug-likeness (QED) is 0.648. The smallest absolute Gasteiger partial charge is 0.135 e. The van der Waals surface area contributed by atoms with Gasteiger partial charge in [-0.2, -0.15) is 0 Å². The maximum Gasteiger partial charge on any atom is 0.135 e. The zero-order valence-corrected chi connectivity index (χ0v) is 16.8. The average molecular weight is 383 g/mol. The molecule has 1 aliphatic heterocycles. The van der Waals surface area contributed by atoms with Crippen molar-refractivity contribution in [3.05, 3.63) is 52.4 Å². The van der Waals surface area contributed by atoms with E-state index >= 15 is 0 Å². The van der Waals surface area contributed by atoms with E-state index < -0.39 is 0 Å². The second-order valence-electron chi connectivity index (χ2n) is 7.19. The molecule has 1 atom stereocenters. The van der Waals surface area contributed by atoms with Crippen molar-refractivity contribution in [3.63, 3.8) is 0 Å². The fourth-order valence-electron chi connectivity index (χ4n) is 3.89. The molecule has 7 heteroatoms. The summed E-state index contributed by atoms with van der Waals surface area (Å²) in [5, 5.41) is 2.11. The molecule has 4 rings (SSSR count). The first-order valence-corrected chi connectivity index (χ1v) is 10.6. The van der Waals surface area contributed by atoms with Crippen LogP contribution >= 0.6 is 11.3 Å². The molecule has 0 aromatic carbocycles. The van der Waals surface area contributed by atoms with Crippen molar-refractivity contribution in [2.24, 2.45) is 0 Å². The summed E-state index contributed by atoms with van der Waals surface area (Å²) in [4.78, 5) is 20.8. The van der Waals surface area contributed by atoms with Crippen LogP contribution in [0.2, 0.25) is 0 Å². The monoisotopic (exact) mass is 382 g/mol. The van der Waals surface area contributed by atoms with Gasteiger partial charge in [0.25, 0.3) is 0 Å². The van der Waals surface area contributed by atoms with Gasteiger partial charge in [-0.25, -0.2) is 19.9 Å². The van der Waals surface area contributed by atoms with Crippen molar-refractivity contribution < 1.29 is 0 Å². The van der Waals surface area contributed by atoms with Crippen LogP contribution in [0.1, 0.15) is 55.0 Å². The van der Waals surface area contributed by atoms with Crippen LogP contribution in [0.15, 0.2) is 29.5 Å². The number of rotatable bonds is 6. The van der Waals surface area contributed by atoms with E-state index in [2.05, 4.69) is 37.9 Å². The Morgan fingerprint density at radius 3 is 3.00 bits per heavy atom. The Bertz CT molecular complexity index is 872. The molecule has 1 unspecified atom stereocenters. The number of imidazole rings is 1. The van der Waals surface area contributed by atoms with Gasteiger partial charge >= 0.3 is 0 Å². The van der Waals surface area contributed by atoms with Gasteiger partial charge in [-0.1, -0.05) is 13.3 Å². The molecular formula is C20H26N6S. The van der Waals surface area contributed by atoms with Crippen LogP contribution in [0.3, 0.4) is 0 Å². The molecule has 4 heterocycles. The van der Waals surface area contributed by atoms with Gasteiger partial charge in [0.1, 0.15) is 17.5 Å². The van der Waals surface area contributed by atoms with Gasteiger partial charge < -0.3 is 9.47 Å². The van der Waals surface area contributed by atoms with Gasteiger partial charge in [-0.05, 0) is 26.2 Å². The van der Waals surface area contributed by atoms with Gasteiger partial charge in [0.15, 0.2) is 0 Å². The SMILES string of the molecule is CCCc1cnc(C)nc1N1CCCC(c2nccn2Cc2cscn2)C1. The van der Waals surface area contributed by atoms with Crippen LogP contribution in [0.4, 0.5) is 5.82 Å². The summed E-state index contributed by atoms with van der Waals surface area (Å²) in [5.74, 6) is 3.54. The molecule has 1 aliphatic rings.